The molecule has 0 aromatic heterocycles. The van der Waals surface area contributed by atoms with Crippen molar-refractivity contribution in [3.8, 4) is 17.2 Å². The Hall–Kier alpha value is -1.58. The van der Waals surface area contributed by atoms with Crippen molar-refractivity contribution in [3.63, 3.8) is 0 Å². The Morgan fingerprint density at radius 1 is 1.20 bits per heavy atom. The van der Waals surface area contributed by atoms with Gasteiger partial charge in [0.2, 0.25) is 0 Å². The van der Waals surface area contributed by atoms with Crippen LogP contribution in [0, 0.1) is 0 Å². The van der Waals surface area contributed by atoms with Gasteiger partial charge < -0.3 is 14.6 Å². The monoisotopic (exact) mass is 534 g/mol. The Morgan fingerprint density at radius 3 is 2.48 bits per heavy atom. The quantitative estimate of drug-likeness (QED) is 0.428. The number of rotatable bonds is 6. The van der Waals surface area contributed by atoms with E-state index >= 15 is 0 Å². The molecule has 0 saturated heterocycles. The summed E-state index contributed by atoms with van der Waals surface area (Å²) in [5, 5.41) is 13.5. The smallest absolute Gasteiger partial charge is 0.277 e. The summed E-state index contributed by atoms with van der Waals surface area (Å²) in [6.45, 7) is -0.189. The third kappa shape index (κ3) is 5.72. The Bertz CT molecular complexity index is 789. The third-order valence-electron chi connectivity index (χ3n) is 2.94. The van der Waals surface area contributed by atoms with Crippen LogP contribution in [0.1, 0.15) is 5.56 Å². The summed E-state index contributed by atoms with van der Waals surface area (Å²) in [7, 11) is 1.57. The van der Waals surface area contributed by atoms with Crippen molar-refractivity contribution < 1.29 is 19.4 Å². The third-order valence-corrected chi connectivity index (χ3v) is 4.77. The molecule has 1 amide bonds. The number of ether oxygens (including phenoxy) is 2. The van der Waals surface area contributed by atoms with Crippen molar-refractivity contribution in [1.82, 2.24) is 5.43 Å². The summed E-state index contributed by atoms with van der Waals surface area (Å²) in [4.78, 5) is 11.8. The lowest BCUT2D eigenvalue weighted by Gasteiger charge is -2.08. The van der Waals surface area contributed by atoms with Gasteiger partial charge in [-0.15, -0.1) is 0 Å². The number of methoxy groups -OCH3 is 1. The summed E-state index contributed by atoms with van der Waals surface area (Å²) in [5.74, 6) is 0.890. The number of carbonyl (C=O) groups is 1. The van der Waals surface area contributed by atoms with Crippen molar-refractivity contribution in [1.29, 1.82) is 0 Å². The van der Waals surface area contributed by atoms with Crippen LogP contribution in [0.25, 0.3) is 0 Å². The molecule has 0 atom stereocenters. The topological polar surface area (TPSA) is 80.2 Å². The van der Waals surface area contributed by atoms with E-state index in [1.54, 1.807) is 37.4 Å². The number of amides is 1. The average molecular weight is 537 g/mol. The molecule has 2 aromatic rings. The fourth-order valence-corrected chi connectivity index (χ4v) is 3.43. The van der Waals surface area contributed by atoms with Crippen LogP contribution in [0.5, 0.6) is 17.2 Å². The molecule has 0 spiro atoms. The van der Waals surface area contributed by atoms with E-state index in [2.05, 4.69) is 58.3 Å². The molecule has 0 aliphatic carbocycles. The van der Waals surface area contributed by atoms with E-state index in [0.717, 1.165) is 0 Å². The normalized spacial score (nSPS) is 10.7. The number of halogens is 3. The van der Waals surface area contributed by atoms with Gasteiger partial charge in [-0.05, 0) is 83.7 Å². The number of nitrogens with one attached hydrogen (secondary N) is 1. The minimum Gasteiger partial charge on any atom is -0.506 e. The van der Waals surface area contributed by atoms with Crippen LogP contribution in [0.3, 0.4) is 0 Å². The van der Waals surface area contributed by atoms with Crippen LogP contribution in [0.15, 0.2) is 48.9 Å². The minimum absolute atomic E-state index is 0.0969. The van der Waals surface area contributed by atoms with Crippen molar-refractivity contribution in [2.75, 3.05) is 13.7 Å². The van der Waals surface area contributed by atoms with Gasteiger partial charge in [-0.2, -0.15) is 5.10 Å². The first-order chi connectivity index (χ1) is 11.9. The number of nitrogens with zero attached hydrogens (tertiary/aromatic N) is 1. The number of phenolic OH excluding ortho intramolecular Hbond substituents is 1. The molecular weight excluding hydrogens is 524 g/mol. The maximum absolute atomic E-state index is 11.8. The van der Waals surface area contributed by atoms with E-state index < -0.39 is 5.91 Å². The van der Waals surface area contributed by atoms with Gasteiger partial charge in [0, 0.05) is 0 Å². The van der Waals surface area contributed by atoms with Gasteiger partial charge in [0.05, 0.1) is 26.7 Å². The summed E-state index contributed by atoms with van der Waals surface area (Å²) >= 11 is 9.79. The van der Waals surface area contributed by atoms with Gasteiger partial charge >= 0.3 is 0 Å². The fraction of sp³-hybridized carbons (Fsp3) is 0.125. The Balaban J connectivity index is 1.88. The van der Waals surface area contributed by atoms with Gasteiger partial charge in [0.25, 0.3) is 5.91 Å². The maximum Gasteiger partial charge on any atom is 0.277 e. The zero-order valence-corrected chi connectivity index (χ0v) is 17.7. The number of hydrogen-bond acceptors (Lipinski definition) is 5. The lowest BCUT2D eigenvalue weighted by atomic mass is 10.2. The molecule has 0 radical (unpaired) electrons. The lowest BCUT2D eigenvalue weighted by Crippen LogP contribution is -2.24. The molecule has 0 saturated carbocycles. The van der Waals surface area contributed by atoms with E-state index in [9.17, 15) is 9.90 Å². The van der Waals surface area contributed by atoms with Gasteiger partial charge in [-0.1, -0.05) is 0 Å². The van der Waals surface area contributed by atoms with Crippen molar-refractivity contribution in [2.45, 2.75) is 0 Å². The molecule has 0 aliphatic heterocycles. The van der Waals surface area contributed by atoms with E-state index in [1.165, 1.54) is 6.21 Å². The molecule has 2 aromatic carbocycles. The Morgan fingerprint density at radius 2 is 1.88 bits per heavy atom. The summed E-state index contributed by atoms with van der Waals surface area (Å²) in [6, 6.07) is 8.51. The first-order valence-electron chi connectivity index (χ1n) is 6.87. The molecule has 0 fully saturated rings. The highest BCUT2D eigenvalue weighted by molar-refractivity contribution is 9.11. The van der Waals surface area contributed by atoms with Crippen LogP contribution < -0.4 is 14.9 Å². The standard InChI is InChI=1S/C16H13Br3N2O4/c1-24-10-2-3-14(11(17)6-10)25-8-15(22)21-20-7-9-4-12(18)16(23)13(19)5-9/h2-7,23H,8H2,1H3,(H,21,22)/b20-7+. The van der Waals surface area contributed by atoms with Gasteiger partial charge in [-0.25, -0.2) is 5.43 Å². The molecule has 9 heteroatoms. The first-order valence-corrected chi connectivity index (χ1v) is 9.25. The van der Waals surface area contributed by atoms with E-state index in [0.29, 0.717) is 30.5 Å². The highest BCUT2D eigenvalue weighted by atomic mass is 79.9. The molecule has 2 N–H and O–H groups in total. The van der Waals surface area contributed by atoms with Crippen LogP contribution in [-0.2, 0) is 4.79 Å². The highest BCUT2D eigenvalue weighted by Gasteiger charge is 2.07. The van der Waals surface area contributed by atoms with Crippen LogP contribution in [0.4, 0.5) is 0 Å². The summed E-state index contributed by atoms with van der Waals surface area (Å²) in [6.07, 6.45) is 1.45. The van der Waals surface area contributed by atoms with Crippen molar-refractivity contribution in [2.24, 2.45) is 5.10 Å². The van der Waals surface area contributed by atoms with Crippen molar-refractivity contribution in [3.05, 3.63) is 49.3 Å². The van der Waals surface area contributed by atoms with E-state index in [-0.39, 0.29) is 12.4 Å². The number of carbonyl (C=O) groups excluding carboxylic acids is 1. The predicted molar refractivity (Wildman–Crippen MR) is 105 cm³/mol. The molecule has 0 aliphatic rings. The molecular formula is C16H13Br3N2O4. The number of hydrogen-bond donors (Lipinski definition) is 2. The maximum atomic E-state index is 11.8. The second-order valence-electron chi connectivity index (χ2n) is 4.71. The molecule has 2 rings (SSSR count). The van der Waals surface area contributed by atoms with Crippen molar-refractivity contribution >= 4 is 59.9 Å². The zero-order valence-electron chi connectivity index (χ0n) is 12.9. The number of phenols is 1. The van der Waals surface area contributed by atoms with Gasteiger partial charge in [0.15, 0.2) is 6.61 Å². The lowest BCUT2D eigenvalue weighted by molar-refractivity contribution is -0.123. The molecule has 0 heterocycles. The average Bonchev–Trinajstić information content (AvgIpc) is 2.58. The highest BCUT2D eigenvalue weighted by Crippen LogP contribution is 2.32. The number of benzene rings is 2. The second-order valence-corrected chi connectivity index (χ2v) is 7.27. The molecule has 0 unspecified atom stereocenters. The summed E-state index contributed by atoms with van der Waals surface area (Å²) in [5.41, 5.74) is 3.06. The second kappa shape index (κ2) is 9.21. The number of hydrazone groups is 1. The van der Waals surface area contributed by atoms with Gasteiger partial charge in [0.1, 0.15) is 17.2 Å². The predicted octanol–water partition coefficient (Wildman–Crippen LogP) is 4.22. The Labute approximate surface area is 169 Å². The molecule has 25 heavy (non-hydrogen) atoms. The fourth-order valence-electron chi connectivity index (χ4n) is 1.74. The van der Waals surface area contributed by atoms with Crippen LogP contribution in [0.2, 0.25) is 0 Å². The summed E-state index contributed by atoms with van der Waals surface area (Å²) < 4.78 is 12.2. The van der Waals surface area contributed by atoms with Gasteiger partial charge in [-0.3, -0.25) is 4.79 Å². The Kier molecular flexibility index (Phi) is 7.27. The minimum atomic E-state index is -0.407. The molecule has 6 nitrogen and oxygen atoms in total. The SMILES string of the molecule is COc1ccc(OCC(=O)N/N=C/c2cc(Br)c(O)c(Br)c2)c(Br)c1. The van der Waals surface area contributed by atoms with E-state index in [1.807, 2.05) is 0 Å². The van der Waals surface area contributed by atoms with E-state index in [4.69, 9.17) is 9.47 Å². The molecule has 132 valence electrons. The zero-order chi connectivity index (χ0) is 18.4. The number of aromatic hydroxyl groups is 1. The molecule has 0 bridgehead atoms. The van der Waals surface area contributed by atoms with Crippen LogP contribution in [-0.4, -0.2) is 30.9 Å². The van der Waals surface area contributed by atoms with Crippen LogP contribution >= 0.6 is 47.8 Å². The largest absolute Gasteiger partial charge is 0.506 e. The first kappa shape index (κ1) is 19.7.